The summed E-state index contributed by atoms with van der Waals surface area (Å²) in [5.41, 5.74) is 5.69. The Kier molecular flexibility index (Phi) is 11.5. The minimum atomic E-state index is -0.974. The molecule has 0 fully saturated rings. The summed E-state index contributed by atoms with van der Waals surface area (Å²) >= 11 is 0. The lowest BCUT2D eigenvalue weighted by Gasteiger charge is -2.16. The summed E-state index contributed by atoms with van der Waals surface area (Å²) in [6, 6.07) is 30.0. The molecular formula is C36H43NO4. The van der Waals surface area contributed by atoms with Crippen molar-refractivity contribution in [2.75, 3.05) is 6.61 Å². The van der Waals surface area contributed by atoms with Crippen LogP contribution in [0.3, 0.4) is 0 Å². The van der Waals surface area contributed by atoms with Gasteiger partial charge in [0.25, 0.3) is 0 Å². The van der Waals surface area contributed by atoms with E-state index in [0.29, 0.717) is 18.8 Å². The number of hydrogen-bond acceptors (Lipinski definition) is 3. The lowest BCUT2D eigenvalue weighted by atomic mass is 10.1. The standard InChI is InChI=1S/C36H43NO4/c1-3-4-5-6-8-12-29-16-20-32(21-17-29)40-26-11-25-37-28(2)15-24-34(37)31-18-22-33(23-19-31)41-35(36(38)39)27-30-13-9-7-10-14-30/h7,9-10,13-24,35H,3-6,8,11-12,25-27H2,1-2H3,(H,38,39)/t35-/m1/s1. The van der Waals surface area contributed by atoms with E-state index in [1.54, 1.807) is 0 Å². The molecule has 0 radical (unpaired) electrons. The predicted octanol–water partition coefficient (Wildman–Crippen LogP) is 8.52. The van der Waals surface area contributed by atoms with Gasteiger partial charge in [0.05, 0.1) is 6.61 Å². The molecule has 1 atom stereocenters. The van der Waals surface area contributed by atoms with Crippen molar-refractivity contribution in [3.8, 4) is 22.8 Å². The Labute approximate surface area is 244 Å². The van der Waals surface area contributed by atoms with Gasteiger partial charge in [-0.3, -0.25) is 0 Å². The summed E-state index contributed by atoms with van der Waals surface area (Å²) in [6.07, 6.45) is 7.92. The first-order chi connectivity index (χ1) is 20.0. The minimum Gasteiger partial charge on any atom is -0.494 e. The topological polar surface area (TPSA) is 60.7 Å². The van der Waals surface area contributed by atoms with Gasteiger partial charge in [0.15, 0.2) is 6.10 Å². The molecule has 0 spiro atoms. The fourth-order valence-corrected chi connectivity index (χ4v) is 5.09. The van der Waals surface area contributed by atoms with E-state index in [1.807, 2.05) is 54.6 Å². The van der Waals surface area contributed by atoms with Gasteiger partial charge in [-0.05, 0) is 91.4 Å². The molecule has 4 rings (SSSR count). The highest BCUT2D eigenvalue weighted by Crippen LogP contribution is 2.26. The molecule has 4 aromatic rings. The first-order valence-corrected chi connectivity index (χ1v) is 14.9. The summed E-state index contributed by atoms with van der Waals surface area (Å²) in [4.78, 5) is 11.8. The smallest absolute Gasteiger partial charge is 0.345 e. The van der Waals surface area contributed by atoms with Crippen molar-refractivity contribution in [3.05, 3.63) is 108 Å². The van der Waals surface area contributed by atoms with Gasteiger partial charge in [-0.1, -0.05) is 75.1 Å². The van der Waals surface area contributed by atoms with Gasteiger partial charge in [0, 0.05) is 24.4 Å². The van der Waals surface area contributed by atoms with Gasteiger partial charge in [0.2, 0.25) is 0 Å². The second-order valence-corrected chi connectivity index (χ2v) is 10.7. The summed E-state index contributed by atoms with van der Waals surface area (Å²) in [6.45, 7) is 5.86. The van der Waals surface area contributed by atoms with Crippen molar-refractivity contribution in [1.82, 2.24) is 4.57 Å². The second-order valence-electron chi connectivity index (χ2n) is 10.7. The van der Waals surface area contributed by atoms with E-state index in [4.69, 9.17) is 9.47 Å². The van der Waals surface area contributed by atoms with E-state index in [9.17, 15) is 9.90 Å². The van der Waals surface area contributed by atoms with E-state index < -0.39 is 12.1 Å². The number of aliphatic carboxylic acids is 1. The molecule has 41 heavy (non-hydrogen) atoms. The number of nitrogens with zero attached hydrogens (tertiary/aromatic N) is 1. The van der Waals surface area contributed by atoms with Gasteiger partial charge in [-0.15, -0.1) is 0 Å². The summed E-state index contributed by atoms with van der Waals surface area (Å²) in [5.74, 6) is 0.493. The van der Waals surface area contributed by atoms with Crippen LogP contribution in [-0.2, 0) is 24.2 Å². The second kappa shape index (κ2) is 15.7. The molecule has 5 heteroatoms. The number of carbonyl (C=O) groups is 1. The number of unbranched alkanes of at least 4 members (excludes halogenated alkanes) is 4. The fraction of sp³-hybridized carbons (Fsp3) is 0.361. The quantitative estimate of drug-likeness (QED) is 0.133. The van der Waals surface area contributed by atoms with Crippen LogP contribution in [0.4, 0.5) is 0 Å². The molecular weight excluding hydrogens is 510 g/mol. The minimum absolute atomic E-state index is 0.311. The van der Waals surface area contributed by atoms with Crippen molar-refractivity contribution in [2.45, 2.75) is 77.9 Å². The van der Waals surface area contributed by atoms with Crippen molar-refractivity contribution in [1.29, 1.82) is 0 Å². The van der Waals surface area contributed by atoms with Gasteiger partial charge in [0.1, 0.15) is 11.5 Å². The van der Waals surface area contributed by atoms with E-state index >= 15 is 0 Å². The molecule has 0 saturated heterocycles. The van der Waals surface area contributed by atoms with Crippen molar-refractivity contribution in [2.24, 2.45) is 0 Å². The van der Waals surface area contributed by atoms with Gasteiger partial charge < -0.3 is 19.1 Å². The Morgan fingerprint density at radius 2 is 1.49 bits per heavy atom. The molecule has 3 aromatic carbocycles. The number of carboxylic acids is 1. The van der Waals surface area contributed by atoms with Crippen LogP contribution in [0.1, 0.15) is 62.3 Å². The number of aromatic nitrogens is 1. The number of hydrogen-bond donors (Lipinski definition) is 1. The van der Waals surface area contributed by atoms with Crippen LogP contribution in [0, 0.1) is 6.92 Å². The molecule has 1 aromatic heterocycles. The van der Waals surface area contributed by atoms with Crippen LogP contribution in [0.15, 0.2) is 91.0 Å². The monoisotopic (exact) mass is 553 g/mol. The Hall–Kier alpha value is -3.99. The molecule has 0 aliphatic heterocycles. The van der Waals surface area contributed by atoms with E-state index in [-0.39, 0.29) is 0 Å². The normalized spacial score (nSPS) is 11.8. The molecule has 0 saturated carbocycles. The highest BCUT2D eigenvalue weighted by molar-refractivity contribution is 5.73. The Morgan fingerprint density at radius 1 is 0.780 bits per heavy atom. The molecule has 216 valence electrons. The third-order valence-electron chi connectivity index (χ3n) is 7.45. The number of benzene rings is 3. The lowest BCUT2D eigenvalue weighted by molar-refractivity contribution is -0.145. The van der Waals surface area contributed by atoms with Crippen LogP contribution >= 0.6 is 0 Å². The van der Waals surface area contributed by atoms with Crippen LogP contribution in [0.5, 0.6) is 11.5 Å². The van der Waals surface area contributed by atoms with E-state index in [1.165, 1.54) is 43.4 Å². The highest BCUT2D eigenvalue weighted by Gasteiger charge is 2.20. The summed E-state index contributed by atoms with van der Waals surface area (Å²) < 4.78 is 14.2. The number of carboxylic acid groups (broad SMARTS) is 1. The molecule has 1 heterocycles. The zero-order valence-corrected chi connectivity index (χ0v) is 24.4. The Morgan fingerprint density at radius 3 is 2.20 bits per heavy atom. The van der Waals surface area contributed by atoms with Crippen LogP contribution in [0.25, 0.3) is 11.3 Å². The van der Waals surface area contributed by atoms with Gasteiger partial charge in [-0.25, -0.2) is 4.79 Å². The van der Waals surface area contributed by atoms with Crippen LogP contribution in [0.2, 0.25) is 0 Å². The average molecular weight is 554 g/mol. The average Bonchev–Trinajstić information content (AvgIpc) is 3.36. The SMILES string of the molecule is CCCCCCCc1ccc(OCCCn2c(C)ccc2-c2ccc(O[C@H](Cc3ccccc3)C(=O)O)cc2)cc1. The maximum atomic E-state index is 11.8. The van der Waals surface area contributed by atoms with Crippen molar-refractivity contribution < 1.29 is 19.4 Å². The van der Waals surface area contributed by atoms with Crippen LogP contribution in [-0.4, -0.2) is 28.4 Å². The molecule has 1 N–H and O–H groups in total. The molecule has 0 aliphatic rings. The maximum Gasteiger partial charge on any atom is 0.345 e. The predicted molar refractivity (Wildman–Crippen MR) is 166 cm³/mol. The highest BCUT2D eigenvalue weighted by atomic mass is 16.5. The molecule has 0 aliphatic carbocycles. The molecule has 0 unspecified atom stereocenters. The third-order valence-corrected chi connectivity index (χ3v) is 7.45. The van der Waals surface area contributed by atoms with E-state index in [2.05, 4.69) is 54.8 Å². The zero-order valence-electron chi connectivity index (χ0n) is 24.4. The summed E-state index contributed by atoms with van der Waals surface area (Å²) in [5, 5.41) is 9.67. The fourth-order valence-electron chi connectivity index (χ4n) is 5.09. The van der Waals surface area contributed by atoms with E-state index in [0.717, 1.165) is 42.0 Å². The summed E-state index contributed by atoms with van der Waals surface area (Å²) in [7, 11) is 0. The van der Waals surface area contributed by atoms with Crippen molar-refractivity contribution in [3.63, 3.8) is 0 Å². The number of rotatable bonds is 17. The largest absolute Gasteiger partial charge is 0.494 e. The lowest BCUT2D eigenvalue weighted by Crippen LogP contribution is -2.29. The molecule has 5 nitrogen and oxygen atoms in total. The zero-order chi connectivity index (χ0) is 28.9. The van der Waals surface area contributed by atoms with Crippen LogP contribution < -0.4 is 9.47 Å². The first kappa shape index (κ1) is 30.0. The van der Waals surface area contributed by atoms with Crippen molar-refractivity contribution >= 4 is 5.97 Å². The Balaban J connectivity index is 1.27. The Bertz CT molecular complexity index is 1330. The van der Waals surface area contributed by atoms with Gasteiger partial charge >= 0.3 is 5.97 Å². The maximum absolute atomic E-state index is 11.8. The number of aryl methyl sites for hydroxylation is 2. The van der Waals surface area contributed by atoms with Gasteiger partial charge in [-0.2, -0.15) is 0 Å². The first-order valence-electron chi connectivity index (χ1n) is 14.9. The molecule has 0 amide bonds. The molecule has 0 bridgehead atoms. The third kappa shape index (κ3) is 9.28. The number of ether oxygens (including phenoxy) is 2.